The molecule has 1 amide bonds. The van der Waals surface area contributed by atoms with Crippen molar-refractivity contribution in [3.05, 3.63) is 29.8 Å². The summed E-state index contributed by atoms with van der Waals surface area (Å²) in [6.45, 7) is 5.01. The number of carboxylic acids is 1. The van der Waals surface area contributed by atoms with Crippen molar-refractivity contribution in [3.8, 4) is 5.75 Å². The lowest BCUT2D eigenvalue weighted by Crippen LogP contribution is -2.38. The molecule has 0 heterocycles. The van der Waals surface area contributed by atoms with Crippen LogP contribution in [0.5, 0.6) is 5.75 Å². The van der Waals surface area contributed by atoms with Gasteiger partial charge in [0.1, 0.15) is 11.4 Å². The quantitative estimate of drug-likeness (QED) is 0.516. The van der Waals surface area contributed by atoms with Gasteiger partial charge in [-0.15, -0.1) is 0 Å². The summed E-state index contributed by atoms with van der Waals surface area (Å²) in [5.74, 6) is -1.03. The number of amides is 1. The van der Waals surface area contributed by atoms with E-state index in [1.807, 2.05) is 0 Å². The second-order valence-corrected chi connectivity index (χ2v) is 6.84. The Morgan fingerprint density at radius 3 is 2.04 bits per heavy atom. The van der Waals surface area contributed by atoms with Gasteiger partial charge < -0.3 is 29.4 Å². The molecule has 0 unspecified atom stereocenters. The predicted octanol–water partition coefficient (Wildman–Crippen LogP) is 2.91. The third-order valence-corrected chi connectivity index (χ3v) is 3.68. The molecule has 1 rings (SSSR count). The molecule has 0 saturated carbocycles. The number of carboxylic acid groups (broad SMARTS) is 1. The Bertz CT molecular complexity index is 637. The Labute approximate surface area is 152 Å². The minimum atomic E-state index is -1.80. The van der Waals surface area contributed by atoms with Crippen molar-refractivity contribution >= 4 is 20.5 Å². The highest BCUT2D eigenvalue weighted by molar-refractivity contribution is 7.25. The van der Waals surface area contributed by atoms with Gasteiger partial charge in [-0.3, -0.25) is 4.57 Å². The van der Waals surface area contributed by atoms with Crippen LogP contribution in [-0.4, -0.2) is 42.7 Å². The Hall–Kier alpha value is -2.22. The second-order valence-electron chi connectivity index (χ2n) is 6.11. The number of benzene rings is 1. The number of hydrogen-bond donors (Lipinski definition) is 2. The van der Waals surface area contributed by atoms with Crippen molar-refractivity contribution in [2.24, 2.45) is 0 Å². The van der Waals surface area contributed by atoms with Crippen LogP contribution in [0.25, 0.3) is 0 Å². The lowest BCUT2D eigenvalue weighted by molar-refractivity contribution is -0.255. The van der Waals surface area contributed by atoms with Gasteiger partial charge in [0.2, 0.25) is 0 Å². The molecule has 9 nitrogen and oxygen atoms in total. The molecular weight excluding hydrogens is 365 g/mol. The number of nitrogens with one attached hydrogen (secondary N) is 1. The maximum Gasteiger partial charge on any atom is 0.412 e. The first-order valence-corrected chi connectivity index (χ1v) is 8.33. The summed E-state index contributed by atoms with van der Waals surface area (Å²) in [5.41, 5.74) is -2.27. The minimum absolute atomic E-state index is 0.224. The molecule has 144 valence electrons. The van der Waals surface area contributed by atoms with Crippen LogP contribution < -0.4 is 10.1 Å². The zero-order valence-corrected chi connectivity index (χ0v) is 16.0. The molecule has 0 bridgehead atoms. The van der Waals surface area contributed by atoms with Crippen LogP contribution in [0.2, 0.25) is 0 Å². The Morgan fingerprint density at radius 2 is 1.65 bits per heavy atom. The fourth-order valence-corrected chi connectivity index (χ4v) is 2.14. The van der Waals surface area contributed by atoms with Gasteiger partial charge in [0.15, 0.2) is 6.04 Å². The lowest BCUT2D eigenvalue weighted by atomic mass is 10.1. The lowest BCUT2D eigenvalue weighted by Gasteiger charge is -2.24. The van der Waals surface area contributed by atoms with E-state index in [0.29, 0.717) is 0 Å². The number of methoxy groups -OCH3 is 2. The molecule has 0 radical (unpaired) electrons. The predicted molar refractivity (Wildman–Crippen MR) is 91.2 cm³/mol. The summed E-state index contributed by atoms with van der Waals surface area (Å²) in [4.78, 5) is 23.3. The van der Waals surface area contributed by atoms with Crippen LogP contribution in [0.15, 0.2) is 24.3 Å². The second kappa shape index (κ2) is 8.93. The molecule has 1 aromatic carbocycles. The maximum absolute atomic E-state index is 11.8. The number of aliphatic carboxylic acids is 1. The van der Waals surface area contributed by atoms with E-state index in [1.54, 1.807) is 20.8 Å². The average Bonchev–Trinajstić information content (AvgIpc) is 2.57. The molecule has 10 heteroatoms. The van der Waals surface area contributed by atoms with Crippen LogP contribution in [-0.2, 0) is 23.6 Å². The molecule has 1 atom stereocenters. The van der Waals surface area contributed by atoms with Crippen LogP contribution >= 0.6 is 8.46 Å². The van der Waals surface area contributed by atoms with Crippen molar-refractivity contribution in [1.82, 2.24) is 5.32 Å². The highest BCUT2D eigenvalue weighted by Gasteiger charge is 2.34. The third kappa shape index (κ3) is 6.25. The average molecular weight is 387 g/mol. The smallest absolute Gasteiger partial charge is 0.412 e. The summed E-state index contributed by atoms with van der Waals surface area (Å²) in [5, 5.41) is 11.6. The van der Waals surface area contributed by atoms with Crippen molar-refractivity contribution in [2.75, 3.05) is 14.2 Å². The van der Waals surface area contributed by atoms with Gasteiger partial charge in [0.05, 0.1) is 0 Å². The third-order valence-electron chi connectivity index (χ3n) is 3.00. The van der Waals surface area contributed by atoms with E-state index < -0.39 is 37.9 Å². The zero-order chi connectivity index (χ0) is 20.0. The molecule has 0 saturated heterocycles. The van der Waals surface area contributed by atoms with E-state index in [9.17, 15) is 19.3 Å². The van der Waals surface area contributed by atoms with Gasteiger partial charge in [0, 0.05) is 14.2 Å². The summed E-state index contributed by atoms with van der Waals surface area (Å²) in [7, 11) is 1.96. The standard InChI is InChI=1S/C16H22NO8P/c1-15(2,3)25-14(20)17-12(13(18)19)10-6-8-11(9-7-10)24-16(22-4,23-5)26-21/h6-9,12H,1-5H3,(H,17,20)(H,18,19)/t12-/m1/s1. The monoisotopic (exact) mass is 387 g/mol. The molecular formula is C16H22NO8P. The van der Waals surface area contributed by atoms with Gasteiger partial charge in [-0.25, -0.2) is 9.59 Å². The Balaban J connectivity index is 2.93. The number of hydrogen-bond acceptors (Lipinski definition) is 7. The van der Waals surface area contributed by atoms with Crippen molar-refractivity contribution in [2.45, 2.75) is 38.1 Å². The normalized spacial score (nSPS) is 13.1. The molecule has 0 aliphatic carbocycles. The van der Waals surface area contributed by atoms with Crippen LogP contribution in [0.4, 0.5) is 4.79 Å². The molecule has 0 fully saturated rings. The Morgan fingerprint density at radius 1 is 1.12 bits per heavy atom. The van der Waals surface area contributed by atoms with E-state index in [2.05, 4.69) is 5.32 Å². The first-order valence-electron chi connectivity index (χ1n) is 7.52. The molecule has 0 aliphatic heterocycles. The van der Waals surface area contributed by atoms with E-state index >= 15 is 0 Å². The van der Waals surface area contributed by atoms with Gasteiger partial charge >= 0.3 is 17.8 Å². The first kappa shape index (κ1) is 21.8. The summed E-state index contributed by atoms with van der Waals surface area (Å²) < 4.78 is 31.4. The van der Waals surface area contributed by atoms with E-state index in [-0.39, 0.29) is 11.3 Å². The van der Waals surface area contributed by atoms with Crippen LogP contribution in [0.1, 0.15) is 32.4 Å². The SMILES string of the molecule is COC(OC)(Oc1ccc([C@@H](NC(=O)OC(C)(C)C)C(=O)O)cc1)P=O. The maximum atomic E-state index is 11.8. The molecule has 2 N–H and O–H groups in total. The number of ether oxygens (including phenoxy) is 4. The fraction of sp³-hybridized carbons (Fsp3) is 0.500. The first-order chi connectivity index (χ1) is 12.1. The highest BCUT2D eigenvalue weighted by atomic mass is 31.1. The molecule has 26 heavy (non-hydrogen) atoms. The fourth-order valence-electron chi connectivity index (χ4n) is 1.85. The molecule has 0 aromatic heterocycles. The van der Waals surface area contributed by atoms with Crippen molar-refractivity contribution < 1.29 is 38.2 Å². The van der Waals surface area contributed by atoms with Crippen molar-refractivity contribution in [1.29, 1.82) is 0 Å². The number of carbonyl (C=O) groups excluding carboxylic acids is 1. The number of rotatable bonds is 8. The summed E-state index contributed by atoms with van der Waals surface area (Å²) >= 11 is 0. The van der Waals surface area contributed by atoms with Crippen LogP contribution in [0, 0.1) is 0 Å². The van der Waals surface area contributed by atoms with Crippen molar-refractivity contribution in [3.63, 3.8) is 0 Å². The number of alkyl carbamates (subject to hydrolysis) is 1. The number of carbonyl (C=O) groups is 2. The molecule has 0 aliphatic rings. The van der Waals surface area contributed by atoms with Gasteiger partial charge in [-0.05, 0) is 38.5 Å². The van der Waals surface area contributed by atoms with E-state index in [0.717, 1.165) is 0 Å². The largest absolute Gasteiger partial charge is 0.479 e. The minimum Gasteiger partial charge on any atom is -0.479 e. The summed E-state index contributed by atoms with van der Waals surface area (Å²) in [6, 6.07) is 4.41. The van der Waals surface area contributed by atoms with Gasteiger partial charge in [-0.1, -0.05) is 12.1 Å². The highest BCUT2D eigenvalue weighted by Crippen LogP contribution is 2.30. The topological polar surface area (TPSA) is 120 Å². The van der Waals surface area contributed by atoms with Crippen LogP contribution in [0.3, 0.4) is 0 Å². The summed E-state index contributed by atoms with van der Waals surface area (Å²) in [6.07, 6.45) is -0.854. The zero-order valence-electron chi connectivity index (χ0n) is 15.1. The van der Waals surface area contributed by atoms with E-state index in [1.165, 1.54) is 38.5 Å². The van der Waals surface area contributed by atoms with E-state index in [4.69, 9.17) is 18.9 Å². The Kier molecular flexibility index (Phi) is 7.50. The molecule has 1 aromatic rings. The van der Waals surface area contributed by atoms with Gasteiger partial charge in [-0.2, -0.15) is 0 Å². The van der Waals surface area contributed by atoms with Gasteiger partial charge in [0.25, 0.3) is 8.46 Å². The molecule has 0 spiro atoms.